The first kappa shape index (κ1) is 7.80. The largest absolute Gasteiger partial charge is 0.290 e. The van der Waals surface area contributed by atoms with Gasteiger partial charge in [0.25, 0.3) is 5.12 Å². The number of Topliss-reactive ketones (excluding diaryl/α,β-unsaturated/α-hetero) is 1. The third-order valence-electron chi connectivity index (χ3n) is 2.08. The van der Waals surface area contributed by atoms with Crippen molar-refractivity contribution in [3.8, 4) is 0 Å². The highest BCUT2D eigenvalue weighted by atomic mass is 32.2. The van der Waals surface area contributed by atoms with Crippen molar-refractivity contribution in [1.29, 1.82) is 0 Å². The molecule has 0 amide bonds. The molecule has 1 aliphatic heterocycles. The smallest absolute Gasteiger partial charge is 0.255 e. The number of thioether (sulfide) groups is 1. The van der Waals surface area contributed by atoms with Gasteiger partial charge in [-0.05, 0) is 0 Å². The van der Waals surface area contributed by atoms with E-state index in [1.807, 2.05) is 24.3 Å². The van der Waals surface area contributed by atoms with E-state index in [0.717, 1.165) is 11.8 Å². The fourth-order valence-electron chi connectivity index (χ4n) is 1.43. The normalized spacial score (nSPS) is 33.7. The average molecular weight is 180 g/mol. The van der Waals surface area contributed by atoms with Gasteiger partial charge in [0, 0.05) is 17.6 Å². The Hall–Kier alpha value is -0.830. The van der Waals surface area contributed by atoms with E-state index >= 15 is 0 Å². The minimum absolute atomic E-state index is 0.195. The Morgan fingerprint density at radius 2 is 2.00 bits per heavy atom. The first-order valence-electron chi connectivity index (χ1n) is 3.86. The van der Waals surface area contributed by atoms with E-state index in [1.54, 1.807) is 0 Å². The summed E-state index contributed by atoms with van der Waals surface area (Å²) in [4.78, 5) is 22.0. The van der Waals surface area contributed by atoms with Gasteiger partial charge in [0.05, 0.1) is 0 Å². The third kappa shape index (κ3) is 1.25. The maximum absolute atomic E-state index is 11.0. The molecule has 2 nitrogen and oxygen atoms in total. The van der Waals surface area contributed by atoms with Crippen molar-refractivity contribution in [3.63, 3.8) is 0 Å². The second kappa shape index (κ2) is 2.90. The van der Waals surface area contributed by atoms with E-state index in [-0.39, 0.29) is 22.1 Å². The molecular formula is C9H8O2S. The predicted octanol–water partition coefficient (Wildman–Crippen LogP) is 1.33. The van der Waals surface area contributed by atoms with Crippen molar-refractivity contribution in [2.45, 2.75) is 11.7 Å². The van der Waals surface area contributed by atoms with Crippen molar-refractivity contribution in [1.82, 2.24) is 0 Å². The number of hydrogen-bond donors (Lipinski definition) is 0. The fraction of sp³-hybridized carbons (Fsp3) is 0.333. The SMILES string of the molecule is O=C1CC2C=CC=CC2SC1=O. The highest BCUT2D eigenvalue weighted by Gasteiger charge is 2.33. The van der Waals surface area contributed by atoms with Crippen LogP contribution in [-0.4, -0.2) is 16.1 Å². The highest BCUT2D eigenvalue weighted by molar-refractivity contribution is 8.16. The topological polar surface area (TPSA) is 34.1 Å². The molecule has 1 fully saturated rings. The molecule has 0 radical (unpaired) electrons. The number of rotatable bonds is 0. The summed E-state index contributed by atoms with van der Waals surface area (Å²) >= 11 is 1.15. The lowest BCUT2D eigenvalue weighted by molar-refractivity contribution is -0.132. The van der Waals surface area contributed by atoms with Crippen molar-refractivity contribution >= 4 is 22.7 Å². The number of carbonyl (C=O) groups excluding carboxylic acids is 2. The summed E-state index contributed by atoms with van der Waals surface area (Å²) in [5.41, 5.74) is 0. The zero-order valence-corrected chi connectivity index (χ0v) is 7.21. The van der Waals surface area contributed by atoms with Crippen molar-refractivity contribution < 1.29 is 9.59 Å². The van der Waals surface area contributed by atoms with E-state index in [4.69, 9.17) is 0 Å². The lowest BCUT2D eigenvalue weighted by atomic mass is 9.94. The molecule has 1 heterocycles. The molecule has 2 unspecified atom stereocenters. The Morgan fingerprint density at radius 3 is 2.83 bits per heavy atom. The Morgan fingerprint density at radius 1 is 1.25 bits per heavy atom. The van der Waals surface area contributed by atoms with E-state index in [1.165, 1.54) is 0 Å². The van der Waals surface area contributed by atoms with Crippen LogP contribution >= 0.6 is 11.8 Å². The average Bonchev–Trinajstić information content (AvgIpc) is 2.07. The second-order valence-electron chi connectivity index (χ2n) is 2.93. The molecule has 0 spiro atoms. The fourth-order valence-corrected chi connectivity index (χ4v) is 2.42. The Bertz CT molecular complexity index is 261. The van der Waals surface area contributed by atoms with E-state index in [2.05, 4.69) is 0 Å². The number of ketones is 1. The van der Waals surface area contributed by atoms with Gasteiger partial charge in [-0.1, -0.05) is 36.1 Å². The maximum atomic E-state index is 11.0. The van der Waals surface area contributed by atoms with Crippen LogP contribution in [0.15, 0.2) is 24.3 Å². The van der Waals surface area contributed by atoms with Crippen LogP contribution in [0.2, 0.25) is 0 Å². The molecule has 2 aliphatic rings. The molecule has 0 aromatic heterocycles. The quantitative estimate of drug-likeness (QED) is 0.527. The summed E-state index contributed by atoms with van der Waals surface area (Å²) in [7, 11) is 0. The van der Waals surface area contributed by atoms with Gasteiger partial charge in [0.1, 0.15) is 0 Å². The lowest BCUT2D eigenvalue weighted by Gasteiger charge is -2.25. The molecule has 12 heavy (non-hydrogen) atoms. The van der Waals surface area contributed by atoms with Gasteiger partial charge in [-0.25, -0.2) is 0 Å². The van der Waals surface area contributed by atoms with Crippen LogP contribution in [0.3, 0.4) is 0 Å². The van der Waals surface area contributed by atoms with Crippen LogP contribution in [-0.2, 0) is 9.59 Å². The minimum Gasteiger partial charge on any atom is -0.290 e. The van der Waals surface area contributed by atoms with Gasteiger partial charge in [0.2, 0.25) is 5.78 Å². The molecule has 0 aromatic carbocycles. The van der Waals surface area contributed by atoms with Gasteiger partial charge < -0.3 is 0 Å². The molecule has 62 valence electrons. The molecule has 0 N–H and O–H groups in total. The summed E-state index contributed by atoms with van der Waals surface area (Å²) in [5.74, 6) is 0.00593. The molecule has 2 rings (SSSR count). The van der Waals surface area contributed by atoms with Gasteiger partial charge in [0.15, 0.2) is 0 Å². The van der Waals surface area contributed by atoms with Crippen LogP contribution < -0.4 is 0 Å². The van der Waals surface area contributed by atoms with Crippen LogP contribution in [0, 0.1) is 5.92 Å². The molecule has 2 atom stereocenters. The van der Waals surface area contributed by atoms with Gasteiger partial charge in [-0.2, -0.15) is 0 Å². The Balaban J connectivity index is 2.20. The number of carbonyl (C=O) groups is 2. The van der Waals surface area contributed by atoms with Crippen LogP contribution in [0.5, 0.6) is 0 Å². The lowest BCUT2D eigenvalue weighted by Crippen LogP contribution is -2.29. The zero-order chi connectivity index (χ0) is 8.55. The second-order valence-corrected chi connectivity index (χ2v) is 4.08. The summed E-state index contributed by atoms with van der Waals surface area (Å²) < 4.78 is 0. The van der Waals surface area contributed by atoms with Gasteiger partial charge in [-0.15, -0.1) is 0 Å². The van der Waals surface area contributed by atoms with Crippen LogP contribution in [0.1, 0.15) is 6.42 Å². The van der Waals surface area contributed by atoms with Crippen LogP contribution in [0.25, 0.3) is 0 Å². The molecule has 0 bridgehead atoms. The predicted molar refractivity (Wildman–Crippen MR) is 47.8 cm³/mol. The van der Waals surface area contributed by atoms with Gasteiger partial charge >= 0.3 is 0 Å². The van der Waals surface area contributed by atoms with Crippen LogP contribution in [0.4, 0.5) is 0 Å². The highest BCUT2D eigenvalue weighted by Crippen LogP contribution is 2.33. The first-order chi connectivity index (χ1) is 5.77. The third-order valence-corrected chi connectivity index (χ3v) is 3.30. The summed E-state index contributed by atoms with van der Waals surface area (Å²) in [6.07, 6.45) is 8.24. The molecule has 0 aromatic rings. The molecular weight excluding hydrogens is 172 g/mol. The summed E-state index contributed by atoms with van der Waals surface area (Å²) in [6, 6.07) is 0. The number of allylic oxidation sites excluding steroid dienone is 3. The van der Waals surface area contributed by atoms with Crippen molar-refractivity contribution in [2.75, 3.05) is 0 Å². The Kier molecular flexibility index (Phi) is 1.89. The molecule has 1 saturated heterocycles. The molecule has 0 saturated carbocycles. The van der Waals surface area contributed by atoms with E-state index in [0.29, 0.717) is 6.42 Å². The minimum atomic E-state index is -0.281. The maximum Gasteiger partial charge on any atom is 0.255 e. The number of hydrogen-bond acceptors (Lipinski definition) is 3. The summed E-state index contributed by atoms with van der Waals surface area (Å²) in [6.45, 7) is 0. The standard InChI is InChI=1S/C9H8O2S/c10-7-5-6-3-1-2-4-8(6)12-9(7)11/h1-4,6,8H,5H2. The molecule has 3 heteroatoms. The van der Waals surface area contributed by atoms with Crippen molar-refractivity contribution in [3.05, 3.63) is 24.3 Å². The van der Waals surface area contributed by atoms with E-state index < -0.39 is 0 Å². The number of fused-ring (bicyclic) bond motifs is 1. The van der Waals surface area contributed by atoms with Gasteiger partial charge in [-0.3, -0.25) is 9.59 Å². The van der Waals surface area contributed by atoms with Crippen molar-refractivity contribution in [2.24, 2.45) is 5.92 Å². The monoisotopic (exact) mass is 180 g/mol. The van der Waals surface area contributed by atoms with E-state index in [9.17, 15) is 9.59 Å². The summed E-state index contributed by atoms with van der Waals surface area (Å²) in [5, 5.41) is -0.0867. The molecule has 1 aliphatic carbocycles. The Labute approximate surface area is 74.7 Å². The zero-order valence-electron chi connectivity index (χ0n) is 6.40. The first-order valence-corrected chi connectivity index (χ1v) is 4.74.